The van der Waals surface area contributed by atoms with Crippen LogP contribution < -0.4 is 4.90 Å². The monoisotopic (exact) mass is 267 g/mol. The predicted molar refractivity (Wildman–Crippen MR) is 53.6 cm³/mol. The molecule has 0 amide bonds. The summed E-state index contributed by atoms with van der Waals surface area (Å²) in [4.78, 5) is 1.79. The Kier molecular flexibility index (Phi) is 3.42. The summed E-state index contributed by atoms with van der Waals surface area (Å²) >= 11 is 3.21. The summed E-state index contributed by atoms with van der Waals surface area (Å²) in [6, 6.07) is 5.05. The molecule has 0 radical (unpaired) electrons. The molecule has 1 aromatic carbocycles. The molecule has 0 fully saturated rings. The van der Waals surface area contributed by atoms with E-state index >= 15 is 0 Å². The van der Waals surface area contributed by atoms with Gasteiger partial charge in [-0.3, -0.25) is 0 Å². The van der Waals surface area contributed by atoms with Crippen molar-refractivity contribution in [3.8, 4) is 0 Å². The number of benzene rings is 1. The second kappa shape index (κ2) is 4.21. The molecule has 0 unspecified atom stereocenters. The zero-order chi connectivity index (χ0) is 10.8. The Morgan fingerprint density at radius 1 is 1.21 bits per heavy atom. The number of rotatable bonds is 2. The van der Waals surface area contributed by atoms with Crippen LogP contribution in [0.2, 0.25) is 0 Å². The second-order valence-electron chi connectivity index (χ2n) is 2.86. The van der Waals surface area contributed by atoms with Gasteiger partial charge in [-0.25, -0.2) is 0 Å². The summed E-state index contributed by atoms with van der Waals surface area (Å²) < 4.78 is 36.5. The molecule has 1 rings (SSSR count). The molecule has 5 heteroatoms. The van der Waals surface area contributed by atoms with Crippen molar-refractivity contribution in [3.63, 3.8) is 0 Å². The molecule has 0 saturated carbocycles. The Bertz CT molecular complexity index is 294. The SMILES string of the molecule is CN(CBr)c1ccc(C(F)(F)F)cc1. The number of nitrogens with zero attached hydrogens (tertiary/aromatic N) is 1. The van der Waals surface area contributed by atoms with Crippen LogP contribution in [0.1, 0.15) is 5.56 Å². The fraction of sp³-hybridized carbons (Fsp3) is 0.333. The molecule has 0 bridgehead atoms. The van der Waals surface area contributed by atoms with Gasteiger partial charge in [0, 0.05) is 12.7 Å². The molecule has 0 aliphatic rings. The molecule has 1 nitrogen and oxygen atoms in total. The molecule has 1 aromatic rings. The highest BCUT2D eigenvalue weighted by atomic mass is 79.9. The highest BCUT2D eigenvalue weighted by Gasteiger charge is 2.29. The molecule has 0 N–H and O–H groups in total. The fourth-order valence-electron chi connectivity index (χ4n) is 0.974. The maximum atomic E-state index is 12.2. The zero-order valence-electron chi connectivity index (χ0n) is 7.48. The summed E-state index contributed by atoms with van der Waals surface area (Å²) in [6.45, 7) is 0. The van der Waals surface area contributed by atoms with Crippen LogP contribution in [0.4, 0.5) is 18.9 Å². The molecule has 14 heavy (non-hydrogen) atoms. The van der Waals surface area contributed by atoms with E-state index in [0.29, 0.717) is 5.45 Å². The normalized spacial score (nSPS) is 11.5. The van der Waals surface area contributed by atoms with Gasteiger partial charge in [-0.2, -0.15) is 13.2 Å². The van der Waals surface area contributed by atoms with E-state index in [4.69, 9.17) is 0 Å². The van der Waals surface area contributed by atoms with E-state index in [2.05, 4.69) is 15.9 Å². The molecule has 78 valence electrons. The van der Waals surface area contributed by atoms with E-state index in [0.717, 1.165) is 17.8 Å². The number of alkyl halides is 4. The van der Waals surface area contributed by atoms with Gasteiger partial charge >= 0.3 is 6.18 Å². The van der Waals surface area contributed by atoms with Crippen molar-refractivity contribution in [1.29, 1.82) is 0 Å². The molecule has 0 aliphatic carbocycles. The summed E-state index contributed by atoms with van der Waals surface area (Å²) in [5.74, 6) is 0. The van der Waals surface area contributed by atoms with E-state index < -0.39 is 11.7 Å². The van der Waals surface area contributed by atoms with E-state index in [1.54, 1.807) is 11.9 Å². The van der Waals surface area contributed by atoms with Gasteiger partial charge in [0.2, 0.25) is 0 Å². The molecule has 0 saturated heterocycles. The average molecular weight is 268 g/mol. The average Bonchev–Trinajstić information content (AvgIpc) is 2.15. The van der Waals surface area contributed by atoms with Crippen molar-refractivity contribution in [2.24, 2.45) is 0 Å². The molecule has 0 atom stereocenters. The third-order valence-electron chi connectivity index (χ3n) is 1.81. The summed E-state index contributed by atoms with van der Waals surface area (Å²) in [6.07, 6.45) is -4.26. The van der Waals surface area contributed by atoms with E-state index in [1.165, 1.54) is 12.1 Å². The lowest BCUT2D eigenvalue weighted by Crippen LogP contribution is -2.14. The number of halogens is 4. The van der Waals surface area contributed by atoms with Crippen molar-refractivity contribution in [1.82, 2.24) is 0 Å². The van der Waals surface area contributed by atoms with E-state index in [-0.39, 0.29) is 0 Å². The largest absolute Gasteiger partial charge is 0.416 e. The van der Waals surface area contributed by atoms with Crippen LogP contribution in [0.5, 0.6) is 0 Å². The van der Waals surface area contributed by atoms with Gasteiger partial charge < -0.3 is 4.90 Å². The Morgan fingerprint density at radius 2 is 1.71 bits per heavy atom. The van der Waals surface area contributed by atoms with Crippen molar-refractivity contribution >= 4 is 21.6 Å². The first-order valence-corrected chi connectivity index (χ1v) is 5.01. The highest BCUT2D eigenvalue weighted by molar-refractivity contribution is 9.09. The molecule has 0 aromatic heterocycles. The lowest BCUT2D eigenvalue weighted by Gasteiger charge is -2.16. The fourth-order valence-corrected chi connectivity index (χ4v) is 1.26. The second-order valence-corrected chi connectivity index (χ2v) is 3.36. The van der Waals surface area contributed by atoms with Crippen molar-refractivity contribution in [3.05, 3.63) is 29.8 Å². The van der Waals surface area contributed by atoms with Crippen LogP contribution in [0.25, 0.3) is 0 Å². The number of anilines is 1. The van der Waals surface area contributed by atoms with Crippen molar-refractivity contribution in [2.45, 2.75) is 6.18 Å². The smallest absolute Gasteiger partial charge is 0.365 e. The molecule has 0 aliphatic heterocycles. The van der Waals surface area contributed by atoms with Gasteiger partial charge in [-0.1, -0.05) is 15.9 Å². The Balaban J connectivity index is 2.89. The number of hydrogen-bond acceptors (Lipinski definition) is 1. The van der Waals surface area contributed by atoms with Gasteiger partial charge in [-0.05, 0) is 24.3 Å². The molecule has 0 spiro atoms. The summed E-state index contributed by atoms with van der Waals surface area (Å²) in [7, 11) is 1.79. The van der Waals surface area contributed by atoms with Crippen LogP contribution in [0, 0.1) is 0 Å². The minimum absolute atomic E-state index is 0.582. The highest BCUT2D eigenvalue weighted by Crippen LogP contribution is 2.30. The first-order valence-electron chi connectivity index (χ1n) is 3.89. The van der Waals surface area contributed by atoms with Crippen LogP contribution in [-0.4, -0.2) is 12.5 Å². The quantitative estimate of drug-likeness (QED) is 0.586. The standard InChI is InChI=1S/C9H9BrF3N/c1-14(6-10)8-4-2-7(3-5-8)9(11,12)13/h2-5H,6H2,1H3. The van der Waals surface area contributed by atoms with Gasteiger partial charge in [0.05, 0.1) is 11.0 Å². The minimum atomic E-state index is -4.26. The lowest BCUT2D eigenvalue weighted by molar-refractivity contribution is -0.137. The number of hydrogen-bond donors (Lipinski definition) is 0. The summed E-state index contributed by atoms with van der Waals surface area (Å²) in [5.41, 5.74) is 0.706. The van der Waals surface area contributed by atoms with Gasteiger partial charge in [0.1, 0.15) is 0 Å². The van der Waals surface area contributed by atoms with Gasteiger partial charge in [-0.15, -0.1) is 0 Å². The molecule has 0 heterocycles. The van der Waals surface area contributed by atoms with Crippen LogP contribution in [-0.2, 0) is 6.18 Å². The third-order valence-corrected chi connectivity index (χ3v) is 2.57. The zero-order valence-corrected chi connectivity index (χ0v) is 9.06. The topological polar surface area (TPSA) is 3.24 Å². The van der Waals surface area contributed by atoms with Crippen LogP contribution in [0.3, 0.4) is 0 Å². The maximum Gasteiger partial charge on any atom is 0.416 e. The van der Waals surface area contributed by atoms with E-state index in [1.807, 2.05) is 0 Å². The van der Waals surface area contributed by atoms with Crippen molar-refractivity contribution < 1.29 is 13.2 Å². The Hall–Kier alpha value is -0.710. The van der Waals surface area contributed by atoms with Crippen LogP contribution in [0.15, 0.2) is 24.3 Å². The lowest BCUT2D eigenvalue weighted by atomic mass is 10.2. The first-order chi connectivity index (χ1) is 6.45. The molecular weight excluding hydrogens is 259 g/mol. The predicted octanol–water partition coefficient (Wildman–Crippen LogP) is 3.49. The molecular formula is C9H9BrF3N. The van der Waals surface area contributed by atoms with Crippen LogP contribution >= 0.6 is 15.9 Å². The van der Waals surface area contributed by atoms with E-state index in [9.17, 15) is 13.2 Å². The van der Waals surface area contributed by atoms with Gasteiger partial charge in [0.15, 0.2) is 0 Å². The summed E-state index contributed by atoms with van der Waals surface area (Å²) in [5, 5.41) is 0. The van der Waals surface area contributed by atoms with Gasteiger partial charge in [0.25, 0.3) is 0 Å². The minimum Gasteiger partial charge on any atom is -0.365 e. The third kappa shape index (κ3) is 2.64. The maximum absolute atomic E-state index is 12.2. The van der Waals surface area contributed by atoms with Crippen molar-refractivity contribution in [2.75, 3.05) is 17.4 Å². The Morgan fingerprint density at radius 3 is 2.07 bits per heavy atom. The Labute approximate surface area is 88.7 Å². The first kappa shape index (κ1) is 11.4.